The molecule has 0 heterocycles. The van der Waals surface area contributed by atoms with Crippen LogP contribution in [-0.2, 0) is 0 Å². The molecule has 0 bridgehead atoms. The molecule has 0 aliphatic rings. The summed E-state index contributed by atoms with van der Waals surface area (Å²) in [5.74, 6) is 0.235. The fourth-order valence-electron chi connectivity index (χ4n) is 2.28. The highest BCUT2D eigenvalue weighted by atomic mass is 16.3. The van der Waals surface area contributed by atoms with Crippen LogP contribution >= 0.6 is 0 Å². The monoisotopic (exact) mass is 268 g/mol. The summed E-state index contributed by atoms with van der Waals surface area (Å²) in [6.07, 6.45) is 1.78. The standard InChI is InChI=1S/C18H20O2/c1-12-4-6-15(10-14(12)3)17(8-9-19)18-11-16(20)7-5-13(18)2/h4-8,10-11,19-20H,9H2,1-3H3/b17-8-. The first-order chi connectivity index (χ1) is 9.52. The van der Waals surface area contributed by atoms with E-state index in [-0.39, 0.29) is 12.4 Å². The number of phenols is 1. The van der Waals surface area contributed by atoms with Crippen LogP contribution in [0.3, 0.4) is 0 Å². The highest BCUT2D eigenvalue weighted by Gasteiger charge is 2.09. The maximum atomic E-state index is 9.71. The number of benzene rings is 2. The third-order valence-electron chi connectivity index (χ3n) is 3.62. The van der Waals surface area contributed by atoms with Crippen LogP contribution in [0.1, 0.15) is 27.8 Å². The molecular weight excluding hydrogens is 248 g/mol. The Morgan fingerprint density at radius 2 is 1.65 bits per heavy atom. The van der Waals surface area contributed by atoms with Crippen molar-refractivity contribution in [1.82, 2.24) is 0 Å². The smallest absolute Gasteiger partial charge is 0.116 e. The van der Waals surface area contributed by atoms with Gasteiger partial charge < -0.3 is 10.2 Å². The minimum atomic E-state index is -0.0304. The van der Waals surface area contributed by atoms with Crippen molar-refractivity contribution in [2.45, 2.75) is 20.8 Å². The van der Waals surface area contributed by atoms with Gasteiger partial charge in [0.05, 0.1) is 6.61 Å². The second-order valence-corrected chi connectivity index (χ2v) is 5.10. The molecule has 2 heteroatoms. The van der Waals surface area contributed by atoms with Crippen LogP contribution in [0, 0.1) is 20.8 Å². The summed E-state index contributed by atoms with van der Waals surface area (Å²) in [6.45, 7) is 6.12. The molecule has 0 fully saturated rings. The van der Waals surface area contributed by atoms with Crippen LogP contribution in [0.4, 0.5) is 0 Å². The summed E-state index contributed by atoms with van der Waals surface area (Å²) >= 11 is 0. The average Bonchev–Trinajstić information content (AvgIpc) is 2.42. The lowest BCUT2D eigenvalue weighted by Crippen LogP contribution is -1.95. The quantitative estimate of drug-likeness (QED) is 0.890. The lowest BCUT2D eigenvalue weighted by atomic mass is 9.92. The number of hydrogen-bond donors (Lipinski definition) is 2. The van der Waals surface area contributed by atoms with Crippen molar-refractivity contribution in [3.05, 3.63) is 70.3 Å². The lowest BCUT2D eigenvalue weighted by molar-refractivity contribution is 0.343. The Balaban J connectivity index is 2.59. The van der Waals surface area contributed by atoms with Crippen LogP contribution in [-0.4, -0.2) is 16.8 Å². The molecule has 2 aromatic carbocycles. The van der Waals surface area contributed by atoms with Gasteiger partial charge in [-0.1, -0.05) is 30.3 Å². The number of aryl methyl sites for hydroxylation is 3. The molecule has 2 rings (SSSR count). The van der Waals surface area contributed by atoms with Crippen LogP contribution in [0.15, 0.2) is 42.5 Å². The molecule has 0 aliphatic heterocycles. The molecule has 2 aromatic rings. The third kappa shape index (κ3) is 2.91. The third-order valence-corrected chi connectivity index (χ3v) is 3.62. The van der Waals surface area contributed by atoms with Gasteiger partial charge in [0.2, 0.25) is 0 Å². The van der Waals surface area contributed by atoms with Crippen molar-refractivity contribution in [1.29, 1.82) is 0 Å². The zero-order valence-corrected chi connectivity index (χ0v) is 12.1. The van der Waals surface area contributed by atoms with Gasteiger partial charge in [-0.25, -0.2) is 0 Å². The molecule has 0 spiro atoms. The normalized spacial score (nSPS) is 11.7. The van der Waals surface area contributed by atoms with Gasteiger partial charge in [-0.15, -0.1) is 0 Å². The van der Waals surface area contributed by atoms with Crippen molar-refractivity contribution in [2.75, 3.05) is 6.61 Å². The van der Waals surface area contributed by atoms with Crippen molar-refractivity contribution in [2.24, 2.45) is 0 Å². The Kier molecular flexibility index (Phi) is 4.26. The van der Waals surface area contributed by atoms with E-state index in [0.29, 0.717) is 0 Å². The Morgan fingerprint density at radius 1 is 0.950 bits per heavy atom. The second-order valence-electron chi connectivity index (χ2n) is 5.10. The van der Waals surface area contributed by atoms with E-state index in [2.05, 4.69) is 26.0 Å². The van der Waals surface area contributed by atoms with E-state index >= 15 is 0 Å². The van der Waals surface area contributed by atoms with E-state index < -0.39 is 0 Å². The first-order valence-electron chi connectivity index (χ1n) is 6.71. The number of aliphatic hydroxyl groups excluding tert-OH is 1. The number of rotatable bonds is 3. The van der Waals surface area contributed by atoms with Crippen LogP contribution < -0.4 is 0 Å². The summed E-state index contributed by atoms with van der Waals surface area (Å²) < 4.78 is 0. The summed E-state index contributed by atoms with van der Waals surface area (Å²) in [6, 6.07) is 11.5. The zero-order chi connectivity index (χ0) is 14.7. The Labute approximate surface area is 120 Å². The molecule has 0 saturated heterocycles. The van der Waals surface area contributed by atoms with Crippen LogP contribution in [0.25, 0.3) is 5.57 Å². The topological polar surface area (TPSA) is 40.5 Å². The van der Waals surface area contributed by atoms with Gasteiger partial charge in [-0.2, -0.15) is 0 Å². The number of phenolic OH excluding ortho intramolecular Hbond substituents is 1. The van der Waals surface area contributed by atoms with E-state index in [0.717, 1.165) is 22.3 Å². The van der Waals surface area contributed by atoms with Crippen molar-refractivity contribution in [3.8, 4) is 5.75 Å². The van der Waals surface area contributed by atoms with E-state index in [1.807, 2.05) is 19.1 Å². The van der Waals surface area contributed by atoms with E-state index in [1.165, 1.54) is 11.1 Å². The fraction of sp³-hybridized carbons (Fsp3) is 0.222. The maximum absolute atomic E-state index is 9.71. The fourth-order valence-corrected chi connectivity index (χ4v) is 2.28. The van der Waals surface area contributed by atoms with Crippen LogP contribution in [0.5, 0.6) is 5.75 Å². The molecule has 0 unspecified atom stereocenters. The number of hydrogen-bond acceptors (Lipinski definition) is 2. The Morgan fingerprint density at radius 3 is 2.30 bits per heavy atom. The molecule has 2 nitrogen and oxygen atoms in total. The molecule has 104 valence electrons. The van der Waals surface area contributed by atoms with Gasteiger partial charge in [0.1, 0.15) is 5.75 Å². The van der Waals surface area contributed by atoms with Gasteiger partial charge in [-0.05, 0) is 66.3 Å². The predicted molar refractivity (Wildman–Crippen MR) is 82.9 cm³/mol. The van der Waals surface area contributed by atoms with Gasteiger partial charge in [0.25, 0.3) is 0 Å². The highest BCUT2D eigenvalue weighted by molar-refractivity contribution is 5.82. The van der Waals surface area contributed by atoms with Gasteiger partial charge in [0.15, 0.2) is 0 Å². The second kappa shape index (κ2) is 5.93. The van der Waals surface area contributed by atoms with E-state index in [4.69, 9.17) is 0 Å². The van der Waals surface area contributed by atoms with Gasteiger partial charge in [0, 0.05) is 0 Å². The molecule has 0 aromatic heterocycles. The van der Waals surface area contributed by atoms with Gasteiger partial charge in [-0.3, -0.25) is 0 Å². The zero-order valence-electron chi connectivity index (χ0n) is 12.1. The van der Waals surface area contributed by atoms with E-state index in [9.17, 15) is 10.2 Å². The molecule has 2 N–H and O–H groups in total. The summed E-state index contributed by atoms with van der Waals surface area (Å²) in [5.41, 5.74) is 6.47. The molecule has 0 radical (unpaired) electrons. The highest BCUT2D eigenvalue weighted by Crippen LogP contribution is 2.29. The minimum absolute atomic E-state index is 0.0304. The van der Waals surface area contributed by atoms with Crippen molar-refractivity contribution in [3.63, 3.8) is 0 Å². The largest absolute Gasteiger partial charge is 0.508 e. The number of aliphatic hydroxyl groups is 1. The Bertz CT molecular complexity index is 654. The SMILES string of the molecule is Cc1ccc(/C(=C/CO)c2cc(O)ccc2C)cc1C. The van der Waals surface area contributed by atoms with Crippen molar-refractivity contribution < 1.29 is 10.2 Å². The number of aromatic hydroxyl groups is 1. The first-order valence-corrected chi connectivity index (χ1v) is 6.71. The lowest BCUT2D eigenvalue weighted by Gasteiger charge is -2.13. The molecule has 0 aliphatic carbocycles. The summed E-state index contributed by atoms with van der Waals surface area (Å²) in [7, 11) is 0. The summed E-state index contributed by atoms with van der Waals surface area (Å²) in [4.78, 5) is 0. The molecule has 0 amide bonds. The maximum Gasteiger partial charge on any atom is 0.116 e. The predicted octanol–water partition coefficient (Wildman–Crippen LogP) is 3.74. The van der Waals surface area contributed by atoms with Gasteiger partial charge >= 0.3 is 0 Å². The summed E-state index contributed by atoms with van der Waals surface area (Å²) in [5, 5.41) is 19.0. The van der Waals surface area contributed by atoms with E-state index in [1.54, 1.807) is 18.2 Å². The van der Waals surface area contributed by atoms with Crippen molar-refractivity contribution >= 4 is 5.57 Å². The molecule has 0 atom stereocenters. The molecular formula is C18H20O2. The molecule has 20 heavy (non-hydrogen) atoms. The average molecular weight is 268 g/mol. The molecule has 0 saturated carbocycles. The minimum Gasteiger partial charge on any atom is -0.508 e. The Hall–Kier alpha value is -2.06. The van der Waals surface area contributed by atoms with Crippen LogP contribution in [0.2, 0.25) is 0 Å². The first kappa shape index (κ1) is 14.4.